The van der Waals surface area contributed by atoms with Crippen molar-refractivity contribution in [3.05, 3.63) is 29.3 Å². The van der Waals surface area contributed by atoms with Crippen LogP contribution in [0.3, 0.4) is 0 Å². The van der Waals surface area contributed by atoms with Crippen LogP contribution in [0.2, 0.25) is 0 Å². The highest BCUT2D eigenvalue weighted by Gasteiger charge is 2.19. The van der Waals surface area contributed by atoms with E-state index in [4.69, 9.17) is 0 Å². The Kier molecular flexibility index (Phi) is 7.15. The second-order valence-electron chi connectivity index (χ2n) is 5.71. The lowest BCUT2D eigenvalue weighted by molar-refractivity contribution is -0.117. The third kappa shape index (κ3) is 5.30. The largest absolute Gasteiger partial charge is 0.325 e. The Balaban J connectivity index is 0.00000220. The molecule has 1 amide bonds. The monoisotopic (exact) mass is 311 g/mol. The van der Waals surface area contributed by atoms with Crippen LogP contribution in [-0.4, -0.2) is 43.5 Å². The lowest BCUT2D eigenvalue weighted by atomic mass is 10.1. The van der Waals surface area contributed by atoms with Crippen molar-refractivity contribution in [2.45, 2.75) is 32.7 Å². The van der Waals surface area contributed by atoms with Crippen LogP contribution in [0.5, 0.6) is 0 Å². The summed E-state index contributed by atoms with van der Waals surface area (Å²) in [6.07, 6.45) is 2.24. The van der Waals surface area contributed by atoms with Crippen LogP contribution in [0.25, 0.3) is 0 Å². The van der Waals surface area contributed by atoms with Crippen LogP contribution in [0, 0.1) is 13.8 Å². The summed E-state index contributed by atoms with van der Waals surface area (Å²) in [6, 6.07) is 6.71. The molecule has 0 saturated carbocycles. The molecule has 0 aromatic heterocycles. The summed E-state index contributed by atoms with van der Waals surface area (Å²) in [6.45, 7) is 6.56. The van der Waals surface area contributed by atoms with Gasteiger partial charge in [-0.1, -0.05) is 17.7 Å². The molecule has 0 radical (unpaired) electrons. The number of hydrogen-bond donors (Lipinski definition) is 2. The lowest BCUT2D eigenvalue weighted by Crippen LogP contribution is -2.44. The lowest BCUT2D eigenvalue weighted by Gasteiger charge is -2.31. The fourth-order valence-electron chi connectivity index (χ4n) is 2.73. The van der Waals surface area contributed by atoms with Crippen molar-refractivity contribution in [2.24, 2.45) is 0 Å². The molecule has 0 atom stereocenters. The molecule has 1 aromatic rings. The second kappa shape index (κ2) is 8.37. The summed E-state index contributed by atoms with van der Waals surface area (Å²) in [4.78, 5) is 14.3. The molecular formula is C16H26ClN3O. The van der Waals surface area contributed by atoms with Crippen molar-refractivity contribution in [3.63, 3.8) is 0 Å². The number of carbonyl (C=O) groups excluding carboxylic acids is 1. The zero-order chi connectivity index (χ0) is 14.5. The smallest absolute Gasteiger partial charge is 0.238 e. The number of halogens is 1. The summed E-state index contributed by atoms with van der Waals surface area (Å²) < 4.78 is 0. The van der Waals surface area contributed by atoms with Crippen LogP contribution in [-0.2, 0) is 4.79 Å². The molecule has 0 unspecified atom stereocenters. The van der Waals surface area contributed by atoms with E-state index in [-0.39, 0.29) is 18.3 Å². The standard InChI is InChI=1S/C16H25N3O.ClH/c1-12-4-5-15(13(2)10-12)18-16(20)11-19-8-6-14(17-3)7-9-19;/h4-5,10,14,17H,6-9,11H2,1-3H3,(H,18,20);1H. The zero-order valence-electron chi connectivity index (χ0n) is 13.1. The number of nitrogens with one attached hydrogen (secondary N) is 2. The van der Waals surface area contributed by atoms with E-state index in [2.05, 4.69) is 28.5 Å². The van der Waals surface area contributed by atoms with Gasteiger partial charge in [-0.15, -0.1) is 12.4 Å². The predicted molar refractivity (Wildman–Crippen MR) is 90.3 cm³/mol. The maximum absolute atomic E-state index is 12.1. The highest BCUT2D eigenvalue weighted by molar-refractivity contribution is 5.93. The van der Waals surface area contributed by atoms with E-state index in [0.29, 0.717) is 12.6 Å². The van der Waals surface area contributed by atoms with E-state index in [0.717, 1.165) is 37.2 Å². The first-order chi connectivity index (χ1) is 9.58. The van der Waals surface area contributed by atoms with E-state index < -0.39 is 0 Å². The molecule has 4 nitrogen and oxygen atoms in total. The molecule has 1 aliphatic rings. The van der Waals surface area contributed by atoms with Crippen molar-refractivity contribution in [2.75, 3.05) is 32.0 Å². The van der Waals surface area contributed by atoms with Gasteiger partial charge in [0, 0.05) is 24.8 Å². The van der Waals surface area contributed by atoms with Gasteiger partial charge in [-0.2, -0.15) is 0 Å². The minimum atomic E-state index is 0. The van der Waals surface area contributed by atoms with E-state index in [1.807, 2.05) is 26.1 Å². The summed E-state index contributed by atoms with van der Waals surface area (Å²) in [5.74, 6) is 0.0832. The number of piperidine rings is 1. The van der Waals surface area contributed by atoms with Crippen LogP contribution in [0.1, 0.15) is 24.0 Å². The number of rotatable bonds is 4. The number of carbonyl (C=O) groups is 1. The molecule has 1 aromatic carbocycles. The maximum atomic E-state index is 12.1. The average molecular weight is 312 g/mol. The topological polar surface area (TPSA) is 44.4 Å². The minimum Gasteiger partial charge on any atom is -0.325 e. The molecule has 5 heteroatoms. The third-order valence-corrected chi connectivity index (χ3v) is 4.02. The highest BCUT2D eigenvalue weighted by Crippen LogP contribution is 2.16. The van der Waals surface area contributed by atoms with Crippen molar-refractivity contribution >= 4 is 24.0 Å². The number of hydrogen-bond acceptors (Lipinski definition) is 3. The van der Waals surface area contributed by atoms with Crippen LogP contribution >= 0.6 is 12.4 Å². The van der Waals surface area contributed by atoms with Gasteiger partial charge in [-0.05, 0) is 45.4 Å². The van der Waals surface area contributed by atoms with Crippen molar-refractivity contribution in [1.82, 2.24) is 10.2 Å². The number of amides is 1. The highest BCUT2D eigenvalue weighted by atomic mass is 35.5. The SMILES string of the molecule is CNC1CCN(CC(=O)Nc2ccc(C)cc2C)CC1.Cl. The number of nitrogens with zero attached hydrogens (tertiary/aromatic N) is 1. The Hall–Kier alpha value is -1.10. The van der Waals surface area contributed by atoms with Crippen molar-refractivity contribution in [3.8, 4) is 0 Å². The number of aryl methyl sites for hydroxylation is 2. The minimum absolute atomic E-state index is 0. The molecule has 2 rings (SSSR count). The van der Waals surface area contributed by atoms with E-state index in [1.54, 1.807) is 0 Å². The second-order valence-corrected chi connectivity index (χ2v) is 5.71. The first-order valence-electron chi connectivity index (χ1n) is 7.35. The normalized spacial score (nSPS) is 16.3. The van der Waals surface area contributed by atoms with Gasteiger partial charge in [0.1, 0.15) is 0 Å². The maximum Gasteiger partial charge on any atom is 0.238 e. The van der Waals surface area contributed by atoms with Gasteiger partial charge >= 0.3 is 0 Å². The molecule has 118 valence electrons. The number of anilines is 1. The molecule has 1 fully saturated rings. The van der Waals surface area contributed by atoms with Crippen LogP contribution in [0.15, 0.2) is 18.2 Å². The Morgan fingerprint density at radius 3 is 2.52 bits per heavy atom. The van der Waals surface area contributed by atoms with Crippen LogP contribution in [0.4, 0.5) is 5.69 Å². The molecular weight excluding hydrogens is 286 g/mol. The van der Waals surface area contributed by atoms with E-state index >= 15 is 0 Å². The third-order valence-electron chi connectivity index (χ3n) is 4.02. The van der Waals surface area contributed by atoms with E-state index in [9.17, 15) is 4.79 Å². The fourth-order valence-corrected chi connectivity index (χ4v) is 2.73. The fraction of sp³-hybridized carbons (Fsp3) is 0.562. The van der Waals surface area contributed by atoms with Gasteiger partial charge in [0.25, 0.3) is 0 Å². The van der Waals surface area contributed by atoms with Gasteiger partial charge in [-0.25, -0.2) is 0 Å². The zero-order valence-corrected chi connectivity index (χ0v) is 13.9. The number of likely N-dealkylation sites (tertiary alicyclic amines) is 1. The van der Waals surface area contributed by atoms with Gasteiger partial charge in [0.15, 0.2) is 0 Å². The summed E-state index contributed by atoms with van der Waals surface area (Å²) >= 11 is 0. The molecule has 1 aliphatic heterocycles. The van der Waals surface area contributed by atoms with Gasteiger partial charge in [-0.3, -0.25) is 9.69 Å². The molecule has 0 aliphatic carbocycles. The molecule has 2 N–H and O–H groups in total. The first kappa shape index (κ1) is 18.0. The molecule has 21 heavy (non-hydrogen) atoms. The first-order valence-corrected chi connectivity index (χ1v) is 7.35. The Morgan fingerprint density at radius 1 is 1.29 bits per heavy atom. The van der Waals surface area contributed by atoms with Gasteiger partial charge < -0.3 is 10.6 Å². The van der Waals surface area contributed by atoms with Crippen molar-refractivity contribution in [1.29, 1.82) is 0 Å². The molecule has 1 heterocycles. The quantitative estimate of drug-likeness (QED) is 0.897. The van der Waals surface area contributed by atoms with E-state index in [1.165, 1.54) is 5.56 Å². The Bertz CT molecular complexity index is 471. The van der Waals surface area contributed by atoms with Crippen LogP contribution < -0.4 is 10.6 Å². The predicted octanol–water partition coefficient (Wildman–Crippen LogP) is 2.35. The van der Waals surface area contributed by atoms with Crippen molar-refractivity contribution < 1.29 is 4.79 Å². The molecule has 0 bridgehead atoms. The van der Waals surface area contributed by atoms with Gasteiger partial charge in [0.05, 0.1) is 6.54 Å². The average Bonchev–Trinajstić information content (AvgIpc) is 2.43. The number of benzene rings is 1. The van der Waals surface area contributed by atoms with Gasteiger partial charge in [0.2, 0.25) is 5.91 Å². The summed E-state index contributed by atoms with van der Waals surface area (Å²) in [5, 5.41) is 6.32. The molecule has 1 saturated heterocycles. The summed E-state index contributed by atoms with van der Waals surface area (Å²) in [5.41, 5.74) is 3.26. The Labute approximate surface area is 133 Å². The molecule has 0 spiro atoms. The Morgan fingerprint density at radius 2 is 1.95 bits per heavy atom. The summed E-state index contributed by atoms with van der Waals surface area (Å²) in [7, 11) is 2.01.